The standard InChI is InChI=1S/C7H16N4/c1-8-6-10-4-3-5-11-7-9-2/h8-11H,3-5H2,1-2H3. The predicted octanol–water partition coefficient (Wildman–Crippen LogP) is -1.01. The highest BCUT2D eigenvalue weighted by Crippen LogP contribution is 1.72. The van der Waals surface area contributed by atoms with Crippen LogP contribution >= 0.6 is 0 Å². The van der Waals surface area contributed by atoms with Crippen LogP contribution in [0.5, 0.6) is 0 Å². The summed E-state index contributed by atoms with van der Waals surface area (Å²) in [5.74, 6) is 0. The molecule has 0 bridgehead atoms. The predicted molar refractivity (Wildman–Crippen MR) is 45.2 cm³/mol. The fourth-order valence-corrected chi connectivity index (χ4v) is 0.567. The van der Waals surface area contributed by atoms with Crippen molar-refractivity contribution < 1.29 is 0 Å². The highest BCUT2D eigenvalue weighted by Gasteiger charge is 1.87. The Hall–Kier alpha value is -0.160. The summed E-state index contributed by atoms with van der Waals surface area (Å²) in [7, 11) is 3.63. The SMILES string of the molecule is CN[C]NCCCN[C]NC. The zero-order chi connectivity index (χ0) is 8.36. The molecule has 11 heavy (non-hydrogen) atoms. The number of hydrogen-bond donors (Lipinski definition) is 4. The van der Waals surface area contributed by atoms with E-state index in [1.165, 1.54) is 0 Å². The Morgan fingerprint density at radius 3 is 1.73 bits per heavy atom. The maximum absolute atomic E-state index is 2.96. The first-order valence-electron chi connectivity index (χ1n) is 3.71. The smallest absolute Gasteiger partial charge is 0.140 e. The average molecular weight is 156 g/mol. The molecular weight excluding hydrogens is 140 g/mol. The minimum absolute atomic E-state index is 0.916. The molecule has 0 rings (SSSR count). The summed E-state index contributed by atoms with van der Waals surface area (Å²) in [4.78, 5) is 0. The lowest BCUT2D eigenvalue weighted by atomic mass is 10.4. The molecule has 0 aliphatic heterocycles. The molecule has 4 heteroatoms. The van der Waals surface area contributed by atoms with Crippen LogP contribution in [0.4, 0.5) is 0 Å². The van der Waals surface area contributed by atoms with Crippen molar-refractivity contribution in [3.8, 4) is 0 Å². The highest BCUT2D eigenvalue weighted by atomic mass is 15.1. The van der Waals surface area contributed by atoms with Crippen LogP contribution in [0.25, 0.3) is 0 Å². The second kappa shape index (κ2) is 9.84. The van der Waals surface area contributed by atoms with Gasteiger partial charge in [-0.3, -0.25) is 21.3 Å². The Kier molecular flexibility index (Phi) is 9.70. The van der Waals surface area contributed by atoms with Crippen LogP contribution in [-0.4, -0.2) is 27.2 Å². The van der Waals surface area contributed by atoms with E-state index in [0.717, 1.165) is 19.5 Å². The molecule has 0 aromatic rings. The second-order valence-electron chi connectivity index (χ2n) is 1.96. The molecule has 0 aliphatic carbocycles. The van der Waals surface area contributed by atoms with E-state index in [4.69, 9.17) is 0 Å². The van der Waals surface area contributed by atoms with E-state index in [2.05, 4.69) is 34.6 Å². The van der Waals surface area contributed by atoms with Gasteiger partial charge in [0.15, 0.2) is 0 Å². The van der Waals surface area contributed by atoms with Gasteiger partial charge < -0.3 is 0 Å². The van der Waals surface area contributed by atoms with Crippen molar-refractivity contribution in [1.29, 1.82) is 0 Å². The minimum atomic E-state index is 0.916. The number of hydrogen-bond acceptors (Lipinski definition) is 4. The molecule has 0 aromatic carbocycles. The van der Waals surface area contributed by atoms with Crippen LogP contribution in [0.3, 0.4) is 0 Å². The van der Waals surface area contributed by atoms with Crippen molar-refractivity contribution >= 4 is 0 Å². The lowest BCUT2D eigenvalue weighted by Crippen LogP contribution is -2.25. The molecule has 0 saturated carbocycles. The van der Waals surface area contributed by atoms with Gasteiger partial charge in [-0.05, 0) is 33.6 Å². The molecule has 0 fully saturated rings. The summed E-state index contributed by atoms with van der Waals surface area (Å²) in [5.41, 5.74) is 0. The van der Waals surface area contributed by atoms with Gasteiger partial charge in [-0.2, -0.15) is 0 Å². The molecule has 0 aromatic heterocycles. The van der Waals surface area contributed by atoms with Gasteiger partial charge in [0.1, 0.15) is 13.3 Å². The van der Waals surface area contributed by atoms with E-state index in [-0.39, 0.29) is 0 Å². The van der Waals surface area contributed by atoms with Gasteiger partial charge in [-0.15, -0.1) is 0 Å². The average Bonchev–Trinajstić information content (AvgIpc) is 2.03. The van der Waals surface area contributed by atoms with Crippen molar-refractivity contribution in [3.05, 3.63) is 13.3 Å². The van der Waals surface area contributed by atoms with E-state index < -0.39 is 0 Å². The van der Waals surface area contributed by atoms with E-state index in [0.29, 0.717) is 0 Å². The Morgan fingerprint density at radius 2 is 1.36 bits per heavy atom. The second-order valence-corrected chi connectivity index (χ2v) is 1.96. The van der Waals surface area contributed by atoms with Gasteiger partial charge in [0.2, 0.25) is 0 Å². The van der Waals surface area contributed by atoms with Gasteiger partial charge in [-0.25, -0.2) is 0 Å². The molecule has 0 amide bonds. The highest BCUT2D eigenvalue weighted by molar-refractivity contribution is 4.59. The Labute approximate surface area is 69.1 Å². The van der Waals surface area contributed by atoms with E-state index in [9.17, 15) is 0 Å². The van der Waals surface area contributed by atoms with Crippen LogP contribution < -0.4 is 21.3 Å². The van der Waals surface area contributed by atoms with Gasteiger partial charge in [-0.1, -0.05) is 0 Å². The number of nitrogens with one attached hydrogen (secondary N) is 4. The van der Waals surface area contributed by atoms with Crippen molar-refractivity contribution in [2.75, 3.05) is 27.2 Å². The van der Waals surface area contributed by atoms with Crippen LogP contribution in [0, 0.1) is 13.3 Å². The molecule has 0 saturated heterocycles. The fraction of sp³-hybridized carbons (Fsp3) is 0.714. The summed E-state index contributed by atoms with van der Waals surface area (Å²) < 4.78 is 0. The molecular formula is C7H16N4. The Morgan fingerprint density at radius 1 is 0.909 bits per heavy atom. The topological polar surface area (TPSA) is 48.1 Å². The Bertz CT molecular complexity index is 59.5. The van der Waals surface area contributed by atoms with Crippen LogP contribution in [0.1, 0.15) is 6.42 Å². The third-order valence-corrected chi connectivity index (χ3v) is 1.03. The monoisotopic (exact) mass is 156 g/mol. The van der Waals surface area contributed by atoms with Gasteiger partial charge >= 0.3 is 0 Å². The van der Waals surface area contributed by atoms with Crippen LogP contribution in [0.15, 0.2) is 0 Å². The zero-order valence-corrected chi connectivity index (χ0v) is 7.12. The molecule has 0 aliphatic rings. The van der Waals surface area contributed by atoms with Crippen LogP contribution in [0.2, 0.25) is 0 Å². The fourth-order valence-electron chi connectivity index (χ4n) is 0.567. The first-order valence-corrected chi connectivity index (χ1v) is 3.71. The van der Waals surface area contributed by atoms with Crippen molar-refractivity contribution in [2.45, 2.75) is 6.42 Å². The third-order valence-electron chi connectivity index (χ3n) is 1.03. The molecule has 64 valence electrons. The summed E-state index contributed by atoms with van der Waals surface area (Å²) >= 11 is 0. The normalized spacial score (nSPS) is 10.4. The summed E-state index contributed by atoms with van der Waals surface area (Å²) in [5, 5.41) is 11.4. The van der Waals surface area contributed by atoms with Crippen LogP contribution in [-0.2, 0) is 0 Å². The van der Waals surface area contributed by atoms with Gasteiger partial charge in [0, 0.05) is 0 Å². The first kappa shape index (κ1) is 10.8. The maximum Gasteiger partial charge on any atom is 0.140 e. The largest absolute Gasteiger partial charge is 0.297 e. The van der Waals surface area contributed by atoms with E-state index in [1.54, 1.807) is 0 Å². The van der Waals surface area contributed by atoms with Crippen molar-refractivity contribution in [2.24, 2.45) is 0 Å². The molecule has 0 atom stereocenters. The van der Waals surface area contributed by atoms with Gasteiger partial charge in [0.25, 0.3) is 0 Å². The lowest BCUT2D eigenvalue weighted by molar-refractivity contribution is 0.631. The molecule has 4 radical (unpaired) electrons. The Balaban J connectivity index is 2.69. The first-order chi connectivity index (χ1) is 5.41. The maximum atomic E-state index is 2.96. The summed E-state index contributed by atoms with van der Waals surface area (Å²) in [6.45, 7) is 7.38. The van der Waals surface area contributed by atoms with E-state index >= 15 is 0 Å². The number of rotatable bonds is 8. The molecule has 0 spiro atoms. The van der Waals surface area contributed by atoms with Gasteiger partial charge in [0.05, 0.1) is 0 Å². The van der Waals surface area contributed by atoms with Crippen molar-refractivity contribution in [1.82, 2.24) is 21.3 Å². The molecule has 0 heterocycles. The summed E-state index contributed by atoms with van der Waals surface area (Å²) in [6, 6.07) is 0. The van der Waals surface area contributed by atoms with E-state index in [1.807, 2.05) is 14.1 Å². The van der Waals surface area contributed by atoms with Crippen molar-refractivity contribution in [3.63, 3.8) is 0 Å². The molecule has 4 N–H and O–H groups in total. The third kappa shape index (κ3) is 9.84. The summed E-state index contributed by atoms with van der Waals surface area (Å²) in [6.07, 6.45) is 1.04. The molecule has 0 unspecified atom stereocenters. The minimum Gasteiger partial charge on any atom is -0.297 e. The quantitative estimate of drug-likeness (QED) is 0.268. The lowest BCUT2D eigenvalue weighted by Gasteiger charge is -2.02. The molecule has 4 nitrogen and oxygen atoms in total. The zero-order valence-electron chi connectivity index (χ0n) is 7.12.